The van der Waals surface area contributed by atoms with Crippen LogP contribution >= 0.6 is 0 Å². The number of aromatic amines is 1. The molecule has 10 nitrogen and oxygen atoms in total. The van der Waals surface area contributed by atoms with E-state index in [1.54, 1.807) is 10.4 Å². The van der Waals surface area contributed by atoms with Gasteiger partial charge < -0.3 is 19.9 Å². The normalized spacial score (nSPS) is 15.2. The number of benzene rings is 2. The van der Waals surface area contributed by atoms with Crippen LogP contribution in [0.1, 0.15) is 61.4 Å². The topological polar surface area (TPSA) is 141 Å². The second-order valence-electron chi connectivity index (χ2n) is 10.0. The third-order valence-electron chi connectivity index (χ3n) is 7.36. The molecule has 1 aliphatic heterocycles. The van der Waals surface area contributed by atoms with E-state index in [0.717, 1.165) is 34.9 Å². The SMILES string of the molecule is COC(=O)[C@H](Cc1ccccc1)NC(=O)C1c2[nH]c3ccccc3c2CCN1C(=O)CCCCCCC(=O)NO. The van der Waals surface area contributed by atoms with Crippen LogP contribution in [0.15, 0.2) is 54.6 Å². The Morgan fingerprint density at radius 2 is 1.70 bits per heavy atom. The predicted octanol–water partition coefficient (Wildman–Crippen LogP) is 3.34. The van der Waals surface area contributed by atoms with Gasteiger partial charge in [-0.1, -0.05) is 61.4 Å². The van der Waals surface area contributed by atoms with E-state index < -0.39 is 29.9 Å². The molecule has 1 aromatic heterocycles. The lowest BCUT2D eigenvalue weighted by Crippen LogP contribution is -2.51. The third kappa shape index (κ3) is 6.87. The standard InChI is InChI=1S/C30H36N4O6/c1-40-30(38)24(19-20-11-5-4-6-12-20)32-29(37)28-27-22(21-13-9-10-14-23(21)31-27)17-18-34(28)26(36)16-8-3-2-7-15-25(35)33-39/h4-6,9-14,24,28,31,39H,2-3,7-8,15-19H2,1H3,(H,32,37)(H,33,35)/t24-,28?/m0/s1. The lowest BCUT2D eigenvalue weighted by molar-refractivity contribution is -0.147. The van der Waals surface area contributed by atoms with Crippen LogP contribution in [0.4, 0.5) is 0 Å². The molecule has 2 aromatic carbocycles. The minimum atomic E-state index is -0.917. The summed E-state index contributed by atoms with van der Waals surface area (Å²) in [4.78, 5) is 56.1. The first-order valence-corrected chi connectivity index (χ1v) is 13.7. The number of nitrogens with zero attached hydrogens (tertiary/aromatic N) is 1. The second kappa shape index (κ2) is 13.7. The Morgan fingerprint density at radius 3 is 2.42 bits per heavy atom. The average molecular weight is 549 g/mol. The smallest absolute Gasteiger partial charge is 0.328 e. The Kier molecular flexibility index (Phi) is 9.91. The van der Waals surface area contributed by atoms with Crippen LogP contribution in [0, 0.1) is 0 Å². The first kappa shape index (κ1) is 28.8. The van der Waals surface area contributed by atoms with Crippen molar-refractivity contribution in [3.05, 3.63) is 71.4 Å². The van der Waals surface area contributed by atoms with Gasteiger partial charge in [-0.3, -0.25) is 19.6 Å². The minimum absolute atomic E-state index is 0.143. The van der Waals surface area contributed by atoms with Gasteiger partial charge in [-0.25, -0.2) is 10.3 Å². The zero-order valence-corrected chi connectivity index (χ0v) is 22.7. The maximum absolute atomic E-state index is 13.9. The maximum Gasteiger partial charge on any atom is 0.328 e. The van der Waals surface area contributed by atoms with Gasteiger partial charge in [0, 0.05) is 36.7 Å². The molecule has 4 rings (SSSR count). The summed E-state index contributed by atoms with van der Waals surface area (Å²) in [5.74, 6) is -1.57. The first-order valence-electron chi connectivity index (χ1n) is 13.7. The van der Waals surface area contributed by atoms with Gasteiger partial charge in [-0.15, -0.1) is 0 Å². The average Bonchev–Trinajstić information content (AvgIpc) is 3.36. The Morgan fingerprint density at radius 1 is 1.00 bits per heavy atom. The second-order valence-corrected chi connectivity index (χ2v) is 10.0. The monoisotopic (exact) mass is 548 g/mol. The molecular formula is C30H36N4O6. The first-order chi connectivity index (χ1) is 19.4. The molecule has 40 heavy (non-hydrogen) atoms. The van der Waals surface area contributed by atoms with Crippen LogP contribution in [0.25, 0.3) is 10.9 Å². The molecule has 212 valence electrons. The molecule has 1 unspecified atom stereocenters. The fourth-order valence-electron chi connectivity index (χ4n) is 5.33. The van der Waals surface area contributed by atoms with Crippen molar-refractivity contribution in [1.82, 2.24) is 20.7 Å². The number of hydrogen-bond donors (Lipinski definition) is 4. The van der Waals surface area contributed by atoms with Crippen molar-refractivity contribution >= 4 is 34.6 Å². The third-order valence-corrected chi connectivity index (χ3v) is 7.36. The minimum Gasteiger partial charge on any atom is -0.467 e. The molecule has 0 aliphatic carbocycles. The van der Waals surface area contributed by atoms with Gasteiger partial charge in [-0.2, -0.15) is 0 Å². The van der Waals surface area contributed by atoms with Crippen LogP contribution in [0.3, 0.4) is 0 Å². The number of rotatable bonds is 12. The summed E-state index contributed by atoms with van der Waals surface area (Å²) in [6.07, 6.45) is 4.07. The fraction of sp³-hybridized carbons (Fsp3) is 0.400. The summed E-state index contributed by atoms with van der Waals surface area (Å²) >= 11 is 0. The van der Waals surface area contributed by atoms with Crippen LogP contribution in [-0.4, -0.2) is 58.5 Å². The number of hydroxylamine groups is 1. The van der Waals surface area contributed by atoms with Gasteiger partial charge in [0.2, 0.25) is 17.7 Å². The lowest BCUT2D eigenvalue weighted by Gasteiger charge is -2.35. The number of esters is 1. The molecule has 0 bridgehead atoms. The number of carbonyl (C=O) groups excluding carboxylic acids is 4. The zero-order chi connectivity index (χ0) is 28.5. The van der Waals surface area contributed by atoms with Crippen molar-refractivity contribution in [2.75, 3.05) is 13.7 Å². The Bertz CT molecular complexity index is 1340. The number of nitrogens with one attached hydrogen (secondary N) is 3. The number of para-hydroxylation sites is 1. The highest BCUT2D eigenvalue weighted by atomic mass is 16.5. The number of H-pyrrole nitrogens is 1. The predicted molar refractivity (Wildman–Crippen MR) is 148 cm³/mol. The largest absolute Gasteiger partial charge is 0.467 e. The van der Waals surface area contributed by atoms with Crippen molar-refractivity contribution in [3.8, 4) is 0 Å². The summed E-state index contributed by atoms with van der Waals surface area (Å²) in [7, 11) is 1.29. The van der Waals surface area contributed by atoms with Crippen molar-refractivity contribution in [2.24, 2.45) is 0 Å². The van der Waals surface area contributed by atoms with E-state index in [0.29, 0.717) is 31.5 Å². The molecule has 2 heterocycles. The molecule has 2 atom stereocenters. The molecule has 0 fully saturated rings. The van der Waals surface area contributed by atoms with Crippen LogP contribution in [-0.2, 0) is 36.8 Å². The number of carbonyl (C=O) groups is 4. The van der Waals surface area contributed by atoms with Crippen LogP contribution in [0.5, 0.6) is 0 Å². The number of fused-ring (bicyclic) bond motifs is 3. The molecule has 10 heteroatoms. The fourth-order valence-corrected chi connectivity index (χ4v) is 5.33. The maximum atomic E-state index is 13.9. The van der Waals surface area contributed by atoms with Gasteiger partial charge in [0.25, 0.3) is 0 Å². The summed E-state index contributed by atoms with van der Waals surface area (Å²) in [6.45, 7) is 0.379. The van der Waals surface area contributed by atoms with Crippen molar-refractivity contribution < 1.29 is 29.1 Å². The van der Waals surface area contributed by atoms with E-state index in [9.17, 15) is 19.2 Å². The molecule has 3 aromatic rings. The van der Waals surface area contributed by atoms with Crippen LogP contribution < -0.4 is 10.8 Å². The van der Waals surface area contributed by atoms with Gasteiger partial charge in [0.1, 0.15) is 6.04 Å². The Labute approximate surface area is 233 Å². The van der Waals surface area contributed by atoms with E-state index in [1.807, 2.05) is 54.6 Å². The van der Waals surface area contributed by atoms with E-state index >= 15 is 0 Å². The van der Waals surface area contributed by atoms with Crippen molar-refractivity contribution in [1.29, 1.82) is 0 Å². The number of amides is 3. The highest BCUT2D eigenvalue weighted by molar-refractivity contribution is 5.95. The summed E-state index contributed by atoms with van der Waals surface area (Å²) in [5, 5.41) is 12.5. The van der Waals surface area contributed by atoms with Crippen LogP contribution in [0.2, 0.25) is 0 Å². The van der Waals surface area contributed by atoms with E-state index in [4.69, 9.17) is 9.94 Å². The van der Waals surface area contributed by atoms with E-state index in [1.165, 1.54) is 7.11 Å². The van der Waals surface area contributed by atoms with E-state index in [-0.39, 0.29) is 25.2 Å². The summed E-state index contributed by atoms with van der Waals surface area (Å²) in [5.41, 5.74) is 5.04. The highest BCUT2D eigenvalue weighted by Crippen LogP contribution is 2.35. The highest BCUT2D eigenvalue weighted by Gasteiger charge is 2.39. The molecular weight excluding hydrogens is 512 g/mol. The molecule has 0 saturated heterocycles. The Balaban J connectivity index is 1.52. The number of ether oxygens (including phenoxy) is 1. The molecule has 3 amide bonds. The van der Waals surface area contributed by atoms with Gasteiger partial charge in [0.15, 0.2) is 6.04 Å². The van der Waals surface area contributed by atoms with Gasteiger partial charge in [0.05, 0.1) is 12.8 Å². The van der Waals surface area contributed by atoms with Crippen molar-refractivity contribution in [2.45, 2.75) is 63.5 Å². The van der Waals surface area contributed by atoms with E-state index in [2.05, 4.69) is 10.3 Å². The van der Waals surface area contributed by atoms with Gasteiger partial charge in [-0.05, 0) is 36.5 Å². The zero-order valence-electron chi connectivity index (χ0n) is 22.7. The Hall–Kier alpha value is -4.18. The molecule has 1 aliphatic rings. The number of methoxy groups -OCH3 is 1. The quantitative estimate of drug-likeness (QED) is 0.118. The summed E-state index contributed by atoms with van der Waals surface area (Å²) < 4.78 is 4.99. The summed E-state index contributed by atoms with van der Waals surface area (Å²) in [6, 6.07) is 15.3. The lowest BCUT2D eigenvalue weighted by atomic mass is 9.95. The van der Waals surface area contributed by atoms with Crippen molar-refractivity contribution in [3.63, 3.8) is 0 Å². The number of hydrogen-bond acceptors (Lipinski definition) is 6. The number of aromatic nitrogens is 1. The molecule has 0 spiro atoms. The molecule has 4 N–H and O–H groups in total. The van der Waals surface area contributed by atoms with Gasteiger partial charge >= 0.3 is 5.97 Å². The molecule has 0 radical (unpaired) electrons. The molecule has 0 saturated carbocycles. The number of unbranched alkanes of at least 4 members (excludes halogenated alkanes) is 3.